The molecular weight excluding hydrogens is 320 g/mol. The number of rotatable bonds is 3. The number of benzene rings is 2. The largest absolute Gasteiger partial charge is 0.508 e. The quantitative estimate of drug-likeness (QED) is 0.893. The lowest BCUT2D eigenvalue weighted by Crippen LogP contribution is -2.28. The first-order chi connectivity index (χ1) is 12.1. The molecule has 0 atom stereocenters. The molecule has 2 aromatic carbocycles. The predicted octanol–water partition coefficient (Wildman–Crippen LogP) is 2.46. The zero-order valence-corrected chi connectivity index (χ0v) is 14.8. The number of nitrogens with zero attached hydrogens (tertiary/aromatic N) is 1. The highest BCUT2D eigenvalue weighted by atomic mass is 16.5. The van der Waals surface area contributed by atoms with Crippen LogP contribution in [0.15, 0.2) is 36.4 Å². The van der Waals surface area contributed by atoms with E-state index < -0.39 is 0 Å². The summed E-state index contributed by atoms with van der Waals surface area (Å²) < 4.78 is 10.9. The Kier molecular flexibility index (Phi) is 6.25. The second kappa shape index (κ2) is 8.39. The van der Waals surface area contributed by atoms with Crippen molar-refractivity contribution in [2.75, 3.05) is 26.2 Å². The summed E-state index contributed by atoms with van der Waals surface area (Å²) in [7, 11) is 4.75. The third-order valence-corrected chi connectivity index (χ3v) is 4.13. The highest BCUT2D eigenvalue weighted by molar-refractivity contribution is 5.94. The van der Waals surface area contributed by atoms with Crippen LogP contribution in [0.3, 0.4) is 0 Å². The number of amides is 1. The van der Waals surface area contributed by atoms with Crippen molar-refractivity contribution >= 4 is 11.6 Å². The van der Waals surface area contributed by atoms with Crippen LogP contribution in [0.1, 0.15) is 17.5 Å². The van der Waals surface area contributed by atoms with Crippen LogP contribution in [0.2, 0.25) is 0 Å². The van der Waals surface area contributed by atoms with Gasteiger partial charge in [0.15, 0.2) is 0 Å². The Morgan fingerprint density at radius 2 is 1.64 bits per heavy atom. The number of hydrogen-bond donors (Lipinski definition) is 2. The van der Waals surface area contributed by atoms with Crippen LogP contribution in [0.4, 0.5) is 5.69 Å². The molecule has 3 rings (SSSR count). The van der Waals surface area contributed by atoms with E-state index in [0.717, 1.165) is 22.6 Å². The van der Waals surface area contributed by atoms with Crippen LogP contribution < -0.4 is 20.1 Å². The van der Waals surface area contributed by atoms with E-state index in [2.05, 4.69) is 5.73 Å². The van der Waals surface area contributed by atoms with Gasteiger partial charge in [-0.3, -0.25) is 4.79 Å². The minimum atomic E-state index is 0.0101. The standard InChI is InChI=1S/C18H19NO4.CH5N/c1-22-16-7-8-17(23-2)15-11-19(18(21)9-6-14(15)16)12-4-3-5-13(20)10-12;1-2/h3-5,7-8,10,20H,6,9,11H2,1-2H3;2H2,1H3. The molecule has 0 aromatic heterocycles. The third-order valence-electron chi connectivity index (χ3n) is 4.13. The highest BCUT2D eigenvalue weighted by Gasteiger charge is 2.26. The van der Waals surface area contributed by atoms with Gasteiger partial charge in [0.2, 0.25) is 5.91 Å². The molecule has 6 nitrogen and oxygen atoms in total. The van der Waals surface area contributed by atoms with Gasteiger partial charge < -0.3 is 25.2 Å². The fourth-order valence-electron chi connectivity index (χ4n) is 2.99. The lowest BCUT2D eigenvalue weighted by Gasteiger charge is -2.22. The zero-order valence-electron chi connectivity index (χ0n) is 14.8. The van der Waals surface area contributed by atoms with E-state index >= 15 is 0 Å². The molecule has 25 heavy (non-hydrogen) atoms. The molecule has 134 valence electrons. The summed E-state index contributed by atoms with van der Waals surface area (Å²) in [4.78, 5) is 14.2. The van der Waals surface area contributed by atoms with Gasteiger partial charge in [0.1, 0.15) is 17.2 Å². The van der Waals surface area contributed by atoms with E-state index in [1.54, 1.807) is 37.3 Å². The Balaban J connectivity index is 0.00000109. The number of ether oxygens (including phenoxy) is 2. The van der Waals surface area contributed by atoms with E-state index in [0.29, 0.717) is 25.1 Å². The monoisotopic (exact) mass is 344 g/mol. The maximum absolute atomic E-state index is 12.6. The molecule has 0 fully saturated rings. The average Bonchev–Trinajstić information content (AvgIpc) is 2.82. The van der Waals surface area contributed by atoms with Gasteiger partial charge in [-0.2, -0.15) is 0 Å². The van der Waals surface area contributed by atoms with Crippen molar-refractivity contribution in [3.63, 3.8) is 0 Å². The molecule has 0 aliphatic carbocycles. The van der Waals surface area contributed by atoms with Gasteiger partial charge in [0.05, 0.1) is 20.8 Å². The smallest absolute Gasteiger partial charge is 0.227 e. The van der Waals surface area contributed by atoms with Crippen LogP contribution >= 0.6 is 0 Å². The summed E-state index contributed by atoms with van der Waals surface area (Å²) in [6, 6.07) is 10.4. The number of methoxy groups -OCH3 is 2. The zero-order chi connectivity index (χ0) is 18.4. The molecule has 1 amide bonds. The fourth-order valence-corrected chi connectivity index (χ4v) is 2.99. The first-order valence-electron chi connectivity index (χ1n) is 8.04. The number of hydrogen-bond acceptors (Lipinski definition) is 5. The van der Waals surface area contributed by atoms with Gasteiger partial charge in [-0.1, -0.05) is 6.07 Å². The first kappa shape index (κ1) is 18.6. The molecular formula is C19H24N2O4. The second-order valence-corrected chi connectivity index (χ2v) is 5.43. The van der Waals surface area contributed by atoms with Crippen LogP contribution in [0, 0.1) is 0 Å². The Labute approximate surface area is 147 Å². The van der Waals surface area contributed by atoms with Gasteiger partial charge in [-0.15, -0.1) is 0 Å². The van der Waals surface area contributed by atoms with E-state index in [1.165, 1.54) is 7.05 Å². The molecule has 0 saturated carbocycles. The molecule has 3 N–H and O–H groups in total. The molecule has 1 heterocycles. The van der Waals surface area contributed by atoms with E-state index in [4.69, 9.17) is 9.47 Å². The number of nitrogens with two attached hydrogens (primary N) is 1. The van der Waals surface area contributed by atoms with Crippen LogP contribution in [0.5, 0.6) is 17.2 Å². The van der Waals surface area contributed by atoms with Crippen molar-refractivity contribution in [2.45, 2.75) is 19.4 Å². The predicted molar refractivity (Wildman–Crippen MR) is 97.3 cm³/mol. The van der Waals surface area contributed by atoms with E-state index in [-0.39, 0.29) is 11.7 Å². The molecule has 6 heteroatoms. The number of phenolic OH excluding ortho intramolecular Hbond substituents is 1. The van der Waals surface area contributed by atoms with Crippen molar-refractivity contribution < 1.29 is 19.4 Å². The molecule has 0 bridgehead atoms. The number of fused-ring (bicyclic) bond motifs is 1. The van der Waals surface area contributed by atoms with Gasteiger partial charge in [0, 0.05) is 29.3 Å². The van der Waals surface area contributed by atoms with E-state index in [1.807, 2.05) is 18.2 Å². The minimum absolute atomic E-state index is 0.0101. The van der Waals surface area contributed by atoms with Crippen LogP contribution in [0.25, 0.3) is 0 Å². The van der Waals surface area contributed by atoms with Crippen molar-refractivity contribution in [2.24, 2.45) is 5.73 Å². The van der Waals surface area contributed by atoms with E-state index in [9.17, 15) is 9.90 Å². The van der Waals surface area contributed by atoms with Crippen molar-refractivity contribution in [3.8, 4) is 17.2 Å². The number of phenols is 1. The van der Waals surface area contributed by atoms with Gasteiger partial charge in [-0.05, 0) is 37.7 Å². The molecule has 0 spiro atoms. The molecule has 0 radical (unpaired) electrons. The molecule has 0 saturated heterocycles. The summed E-state index contributed by atoms with van der Waals surface area (Å²) >= 11 is 0. The number of aromatic hydroxyl groups is 1. The van der Waals surface area contributed by atoms with Crippen molar-refractivity contribution in [1.82, 2.24) is 0 Å². The van der Waals surface area contributed by atoms with Gasteiger partial charge >= 0.3 is 0 Å². The number of carbonyl (C=O) groups is 1. The Hall–Kier alpha value is -2.73. The number of anilines is 1. The normalized spacial score (nSPS) is 13.3. The van der Waals surface area contributed by atoms with Gasteiger partial charge in [0.25, 0.3) is 0 Å². The maximum Gasteiger partial charge on any atom is 0.227 e. The molecule has 0 unspecified atom stereocenters. The average molecular weight is 344 g/mol. The van der Waals surface area contributed by atoms with Crippen LogP contribution in [-0.2, 0) is 17.8 Å². The molecule has 1 aliphatic heterocycles. The lowest BCUT2D eigenvalue weighted by atomic mass is 10.0. The Morgan fingerprint density at radius 3 is 2.24 bits per heavy atom. The summed E-state index contributed by atoms with van der Waals surface area (Å²) in [5.74, 6) is 1.65. The molecule has 2 aromatic rings. The summed E-state index contributed by atoms with van der Waals surface area (Å²) in [6.45, 7) is 0.387. The fraction of sp³-hybridized carbons (Fsp3) is 0.316. The summed E-state index contributed by atoms with van der Waals surface area (Å²) in [5.41, 5.74) is 7.12. The van der Waals surface area contributed by atoms with Gasteiger partial charge in [-0.25, -0.2) is 0 Å². The van der Waals surface area contributed by atoms with Crippen molar-refractivity contribution in [1.29, 1.82) is 0 Å². The molecule has 1 aliphatic rings. The minimum Gasteiger partial charge on any atom is -0.508 e. The lowest BCUT2D eigenvalue weighted by molar-refractivity contribution is -0.118. The van der Waals surface area contributed by atoms with Crippen molar-refractivity contribution in [3.05, 3.63) is 47.5 Å². The second-order valence-electron chi connectivity index (χ2n) is 5.43. The Morgan fingerprint density at radius 1 is 1.00 bits per heavy atom. The topological polar surface area (TPSA) is 85.0 Å². The SMILES string of the molecule is CN.COc1ccc(OC)c2c1CCC(=O)N(c1cccc(O)c1)C2. The number of carbonyl (C=O) groups excluding carboxylic acids is 1. The third kappa shape index (κ3) is 3.85. The maximum atomic E-state index is 12.6. The Bertz CT molecular complexity index is 746. The first-order valence-corrected chi connectivity index (χ1v) is 8.04. The highest BCUT2D eigenvalue weighted by Crippen LogP contribution is 2.36. The van der Waals surface area contributed by atoms with Crippen LogP contribution in [-0.4, -0.2) is 32.3 Å². The summed E-state index contributed by atoms with van der Waals surface area (Å²) in [5, 5.41) is 9.70. The summed E-state index contributed by atoms with van der Waals surface area (Å²) in [6.07, 6.45) is 0.982.